The van der Waals surface area contributed by atoms with Gasteiger partial charge in [-0.1, -0.05) is 35.9 Å². The first kappa shape index (κ1) is 21.8. The maximum absolute atomic E-state index is 13.3. The van der Waals surface area contributed by atoms with E-state index in [1.54, 1.807) is 15.9 Å². The van der Waals surface area contributed by atoms with Crippen LogP contribution in [0.2, 0.25) is 5.02 Å². The molecule has 1 unspecified atom stereocenters. The minimum Gasteiger partial charge on any atom is -0.367 e. The molecule has 1 atom stereocenters. The number of anilines is 2. The summed E-state index contributed by atoms with van der Waals surface area (Å²) in [7, 11) is 0. The van der Waals surface area contributed by atoms with Crippen LogP contribution in [0.4, 0.5) is 11.4 Å². The first-order valence-corrected chi connectivity index (χ1v) is 11.8. The molecule has 0 spiro atoms. The van der Waals surface area contributed by atoms with Gasteiger partial charge in [-0.05, 0) is 37.6 Å². The molecule has 2 aromatic carbocycles. The molecule has 2 aromatic rings. The molecule has 0 bridgehead atoms. The second-order valence-corrected chi connectivity index (χ2v) is 9.40. The number of hydrogen-bond acceptors (Lipinski definition) is 4. The smallest absolute Gasteiger partial charge is 0.257 e. The van der Waals surface area contributed by atoms with Crippen LogP contribution in [0.5, 0.6) is 0 Å². The number of rotatable bonds is 4. The van der Waals surface area contributed by atoms with Crippen LogP contribution in [-0.2, 0) is 9.59 Å². The molecule has 3 aliphatic heterocycles. The number of benzene rings is 2. The minimum absolute atomic E-state index is 0.0180. The normalized spacial score (nSPS) is 22.5. The van der Waals surface area contributed by atoms with Gasteiger partial charge in [0.2, 0.25) is 11.8 Å². The first-order valence-electron chi connectivity index (χ1n) is 11.4. The van der Waals surface area contributed by atoms with Gasteiger partial charge in [-0.15, -0.1) is 0 Å². The predicted molar refractivity (Wildman–Crippen MR) is 127 cm³/mol. The van der Waals surface area contributed by atoms with E-state index in [0.29, 0.717) is 55.3 Å². The molecule has 7 nitrogen and oxygen atoms in total. The molecule has 8 heteroatoms. The second kappa shape index (κ2) is 8.37. The standard InChI is InChI=1S/C25H27ClN4O3/c1-25-12-10-23(32)30(25)20-8-4-2-6-18(20)24(33)29(25)13-11-22(31)28-16-14-27(15-17-28)21-9-5-3-7-19(21)26/h2-9H,10-17H2,1H3. The molecule has 0 radical (unpaired) electrons. The number of hydrogen-bond donors (Lipinski definition) is 0. The highest BCUT2D eigenvalue weighted by atomic mass is 35.5. The van der Waals surface area contributed by atoms with Crippen molar-refractivity contribution in [2.75, 3.05) is 42.5 Å². The molecular formula is C25H27ClN4O3. The molecule has 5 rings (SSSR count). The third kappa shape index (κ3) is 3.64. The van der Waals surface area contributed by atoms with Crippen LogP contribution in [0.3, 0.4) is 0 Å². The molecule has 3 heterocycles. The number of halogens is 1. The maximum atomic E-state index is 13.3. The molecule has 3 amide bonds. The van der Waals surface area contributed by atoms with Crippen LogP contribution in [0.1, 0.15) is 36.5 Å². The third-order valence-corrected chi connectivity index (χ3v) is 7.44. The van der Waals surface area contributed by atoms with Crippen molar-refractivity contribution in [2.24, 2.45) is 0 Å². The number of nitrogens with zero attached hydrogens (tertiary/aromatic N) is 4. The lowest BCUT2D eigenvalue weighted by atomic mass is 9.98. The van der Waals surface area contributed by atoms with Gasteiger partial charge in [-0.25, -0.2) is 0 Å². The molecule has 3 aliphatic rings. The average molecular weight is 467 g/mol. The van der Waals surface area contributed by atoms with E-state index in [9.17, 15) is 14.4 Å². The largest absolute Gasteiger partial charge is 0.367 e. The highest BCUT2D eigenvalue weighted by Crippen LogP contribution is 2.44. The Hall–Kier alpha value is -3.06. The minimum atomic E-state index is -0.731. The van der Waals surface area contributed by atoms with Gasteiger partial charge in [0.15, 0.2) is 0 Å². The van der Waals surface area contributed by atoms with Gasteiger partial charge in [0.1, 0.15) is 5.66 Å². The van der Waals surface area contributed by atoms with Gasteiger partial charge in [0.05, 0.1) is 22.0 Å². The summed E-state index contributed by atoms with van der Waals surface area (Å²) in [4.78, 5) is 46.6. The lowest BCUT2D eigenvalue weighted by Gasteiger charge is -2.48. The average Bonchev–Trinajstić information content (AvgIpc) is 3.14. The summed E-state index contributed by atoms with van der Waals surface area (Å²) in [5, 5.41) is 0.713. The summed E-state index contributed by atoms with van der Waals surface area (Å²) >= 11 is 6.32. The summed E-state index contributed by atoms with van der Waals surface area (Å²) in [5.74, 6) is -0.0696. The topological polar surface area (TPSA) is 64.2 Å². The molecule has 33 heavy (non-hydrogen) atoms. The number of carbonyl (C=O) groups excluding carboxylic acids is 3. The van der Waals surface area contributed by atoms with E-state index in [-0.39, 0.29) is 30.7 Å². The lowest BCUT2D eigenvalue weighted by molar-refractivity contribution is -0.131. The van der Waals surface area contributed by atoms with Crippen molar-refractivity contribution < 1.29 is 14.4 Å². The van der Waals surface area contributed by atoms with Crippen molar-refractivity contribution >= 4 is 40.7 Å². The summed E-state index contributed by atoms with van der Waals surface area (Å²) in [6.45, 7) is 4.87. The van der Waals surface area contributed by atoms with Crippen LogP contribution in [-0.4, -0.2) is 65.9 Å². The van der Waals surface area contributed by atoms with Crippen LogP contribution in [0, 0.1) is 0 Å². The van der Waals surface area contributed by atoms with Crippen molar-refractivity contribution in [3.05, 3.63) is 59.1 Å². The van der Waals surface area contributed by atoms with Gasteiger partial charge in [0.25, 0.3) is 5.91 Å². The highest BCUT2D eigenvalue weighted by Gasteiger charge is 2.52. The van der Waals surface area contributed by atoms with E-state index in [1.165, 1.54) is 0 Å². The molecule has 0 aromatic heterocycles. The van der Waals surface area contributed by atoms with E-state index in [4.69, 9.17) is 11.6 Å². The van der Waals surface area contributed by atoms with Gasteiger partial charge >= 0.3 is 0 Å². The van der Waals surface area contributed by atoms with Crippen molar-refractivity contribution in [2.45, 2.75) is 31.8 Å². The van der Waals surface area contributed by atoms with Gasteiger partial charge < -0.3 is 14.7 Å². The third-order valence-electron chi connectivity index (χ3n) is 7.12. The molecule has 0 saturated carbocycles. The highest BCUT2D eigenvalue weighted by molar-refractivity contribution is 6.33. The van der Waals surface area contributed by atoms with Crippen LogP contribution in [0.15, 0.2) is 48.5 Å². The predicted octanol–water partition coefficient (Wildman–Crippen LogP) is 3.38. The maximum Gasteiger partial charge on any atom is 0.257 e. The molecular weight excluding hydrogens is 440 g/mol. The summed E-state index contributed by atoms with van der Waals surface area (Å²) in [6, 6.07) is 15.0. The summed E-state index contributed by atoms with van der Waals surface area (Å²) < 4.78 is 0. The van der Waals surface area contributed by atoms with Crippen LogP contribution in [0.25, 0.3) is 0 Å². The number of amides is 3. The van der Waals surface area contributed by atoms with Crippen LogP contribution < -0.4 is 9.80 Å². The Morgan fingerprint density at radius 1 is 0.970 bits per heavy atom. The summed E-state index contributed by atoms with van der Waals surface area (Å²) in [5.41, 5.74) is 1.45. The fraction of sp³-hybridized carbons (Fsp3) is 0.400. The van der Waals surface area contributed by atoms with E-state index < -0.39 is 5.66 Å². The van der Waals surface area contributed by atoms with Gasteiger partial charge in [-0.3, -0.25) is 19.3 Å². The zero-order chi connectivity index (χ0) is 23.2. The Kier molecular flexibility index (Phi) is 5.52. The molecule has 0 aliphatic carbocycles. The van der Waals surface area contributed by atoms with Gasteiger partial charge in [-0.2, -0.15) is 0 Å². The van der Waals surface area contributed by atoms with Crippen LogP contribution >= 0.6 is 11.6 Å². The van der Waals surface area contributed by atoms with Crippen molar-refractivity contribution in [1.82, 2.24) is 9.80 Å². The number of para-hydroxylation sites is 2. The fourth-order valence-corrected chi connectivity index (χ4v) is 5.57. The molecule has 2 saturated heterocycles. The molecule has 0 N–H and O–H groups in total. The number of fused-ring (bicyclic) bond motifs is 3. The Morgan fingerprint density at radius 2 is 1.64 bits per heavy atom. The van der Waals surface area contributed by atoms with E-state index in [0.717, 1.165) is 5.69 Å². The molecule has 172 valence electrons. The Morgan fingerprint density at radius 3 is 2.36 bits per heavy atom. The van der Waals surface area contributed by atoms with Crippen molar-refractivity contribution in [1.29, 1.82) is 0 Å². The zero-order valence-corrected chi connectivity index (χ0v) is 19.4. The Balaban J connectivity index is 1.26. The van der Waals surface area contributed by atoms with E-state index in [2.05, 4.69) is 4.90 Å². The van der Waals surface area contributed by atoms with Gasteiger partial charge in [0, 0.05) is 45.6 Å². The van der Waals surface area contributed by atoms with Crippen molar-refractivity contribution in [3.8, 4) is 0 Å². The first-order chi connectivity index (χ1) is 15.9. The van der Waals surface area contributed by atoms with E-state index in [1.807, 2.05) is 54.3 Å². The monoisotopic (exact) mass is 466 g/mol. The van der Waals surface area contributed by atoms with Crippen molar-refractivity contribution in [3.63, 3.8) is 0 Å². The number of carbonyl (C=O) groups is 3. The number of piperazine rings is 1. The quantitative estimate of drug-likeness (QED) is 0.693. The SMILES string of the molecule is CC12CCC(=O)N1c1ccccc1C(=O)N2CCC(=O)N1CCN(c2ccccc2Cl)CC1. The fourth-order valence-electron chi connectivity index (χ4n) is 5.31. The Labute approximate surface area is 198 Å². The molecule has 2 fully saturated rings. The zero-order valence-electron chi connectivity index (χ0n) is 18.7. The van der Waals surface area contributed by atoms with E-state index >= 15 is 0 Å². The Bertz CT molecular complexity index is 1110. The lowest BCUT2D eigenvalue weighted by Crippen LogP contribution is -2.62. The summed E-state index contributed by atoms with van der Waals surface area (Å²) in [6.07, 6.45) is 1.20. The second-order valence-electron chi connectivity index (χ2n) is 8.99.